The van der Waals surface area contributed by atoms with Crippen LogP contribution in [0.25, 0.3) is 0 Å². The van der Waals surface area contributed by atoms with Gasteiger partial charge in [0.15, 0.2) is 0 Å². The summed E-state index contributed by atoms with van der Waals surface area (Å²) in [5, 5.41) is 12.3. The van der Waals surface area contributed by atoms with Crippen LogP contribution < -0.4 is 5.32 Å². The minimum absolute atomic E-state index is 0.0591. The smallest absolute Gasteiger partial charge is 0.416 e. The molecule has 110 valence electrons. The van der Waals surface area contributed by atoms with E-state index in [0.29, 0.717) is 19.4 Å². The summed E-state index contributed by atoms with van der Waals surface area (Å²) in [5.74, 6) is -1.67. The normalized spacial score (nSPS) is 20.4. The molecule has 1 aromatic carbocycles. The Balaban J connectivity index is 2.53. The van der Waals surface area contributed by atoms with Crippen molar-refractivity contribution in [1.29, 1.82) is 0 Å². The maximum absolute atomic E-state index is 13.1. The zero-order valence-electron chi connectivity index (χ0n) is 10.8. The third-order valence-corrected chi connectivity index (χ3v) is 3.63. The van der Waals surface area contributed by atoms with Crippen LogP contribution >= 0.6 is 0 Å². The summed E-state index contributed by atoms with van der Waals surface area (Å²) < 4.78 is 39.4. The van der Waals surface area contributed by atoms with E-state index in [-0.39, 0.29) is 17.0 Å². The number of halogens is 3. The van der Waals surface area contributed by atoms with E-state index in [1.54, 1.807) is 0 Å². The Morgan fingerprint density at radius 3 is 2.65 bits per heavy atom. The van der Waals surface area contributed by atoms with E-state index < -0.39 is 17.7 Å². The molecule has 1 fully saturated rings. The zero-order chi connectivity index (χ0) is 14.8. The standard InChI is InChI=1S/C14H16F3NO2/c15-14(16,17)11-5-1-4-10(13(19)20)12(11)9-3-2-7-18-8-6-9/h1,4-5,9,18H,2-3,6-8H2,(H,19,20). The van der Waals surface area contributed by atoms with Crippen LogP contribution in [-0.4, -0.2) is 24.2 Å². The van der Waals surface area contributed by atoms with Crippen molar-refractivity contribution in [2.75, 3.05) is 13.1 Å². The quantitative estimate of drug-likeness (QED) is 0.877. The SMILES string of the molecule is O=C(O)c1cccc(C(F)(F)F)c1C1CCCNCC1. The number of hydrogen-bond acceptors (Lipinski definition) is 2. The molecule has 0 saturated carbocycles. The first-order valence-corrected chi connectivity index (χ1v) is 6.55. The van der Waals surface area contributed by atoms with Gasteiger partial charge >= 0.3 is 12.1 Å². The summed E-state index contributed by atoms with van der Waals surface area (Å²) in [4.78, 5) is 11.2. The average Bonchev–Trinajstić information content (AvgIpc) is 2.65. The van der Waals surface area contributed by atoms with Gasteiger partial charge in [-0.1, -0.05) is 6.07 Å². The summed E-state index contributed by atoms with van der Waals surface area (Å²) in [7, 11) is 0. The van der Waals surface area contributed by atoms with Crippen LogP contribution in [0.3, 0.4) is 0 Å². The lowest BCUT2D eigenvalue weighted by Gasteiger charge is -2.22. The molecule has 0 aliphatic carbocycles. The van der Waals surface area contributed by atoms with Gasteiger partial charge in [0.25, 0.3) is 0 Å². The minimum atomic E-state index is -4.53. The summed E-state index contributed by atoms with van der Waals surface area (Å²) in [6.07, 6.45) is -2.69. The van der Waals surface area contributed by atoms with E-state index in [1.807, 2.05) is 0 Å². The van der Waals surface area contributed by atoms with Gasteiger partial charge in [0.05, 0.1) is 11.1 Å². The second-order valence-corrected chi connectivity index (χ2v) is 4.95. The first-order chi connectivity index (χ1) is 9.41. The van der Waals surface area contributed by atoms with Gasteiger partial charge in [-0.05, 0) is 56.0 Å². The van der Waals surface area contributed by atoms with Gasteiger partial charge in [-0.25, -0.2) is 4.79 Å². The van der Waals surface area contributed by atoms with Gasteiger partial charge in [0.2, 0.25) is 0 Å². The summed E-state index contributed by atoms with van der Waals surface area (Å²) in [6, 6.07) is 3.38. The van der Waals surface area contributed by atoms with Crippen molar-refractivity contribution >= 4 is 5.97 Å². The van der Waals surface area contributed by atoms with Crippen LogP contribution in [0.4, 0.5) is 13.2 Å². The third kappa shape index (κ3) is 3.12. The van der Waals surface area contributed by atoms with Crippen LogP contribution in [0.2, 0.25) is 0 Å². The molecular formula is C14H16F3NO2. The minimum Gasteiger partial charge on any atom is -0.478 e. The number of aromatic carboxylic acids is 1. The van der Waals surface area contributed by atoms with Gasteiger partial charge in [-0.2, -0.15) is 13.2 Å². The molecule has 0 spiro atoms. The number of carbonyl (C=O) groups is 1. The third-order valence-electron chi connectivity index (χ3n) is 3.63. The van der Waals surface area contributed by atoms with Crippen molar-refractivity contribution < 1.29 is 23.1 Å². The van der Waals surface area contributed by atoms with Crippen LogP contribution in [0.15, 0.2) is 18.2 Å². The summed E-state index contributed by atoms with van der Waals surface area (Å²) >= 11 is 0. The topological polar surface area (TPSA) is 49.3 Å². The van der Waals surface area contributed by atoms with E-state index in [1.165, 1.54) is 6.07 Å². The van der Waals surface area contributed by atoms with Crippen LogP contribution in [0.1, 0.15) is 46.7 Å². The molecule has 1 unspecified atom stereocenters. The van der Waals surface area contributed by atoms with Crippen molar-refractivity contribution in [2.24, 2.45) is 0 Å². The maximum Gasteiger partial charge on any atom is 0.416 e. The highest BCUT2D eigenvalue weighted by atomic mass is 19.4. The largest absolute Gasteiger partial charge is 0.478 e. The second kappa shape index (κ2) is 5.83. The first kappa shape index (κ1) is 14.8. The molecule has 1 atom stereocenters. The zero-order valence-corrected chi connectivity index (χ0v) is 10.8. The van der Waals surface area contributed by atoms with E-state index in [4.69, 9.17) is 0 Å². The van der Waals surface area contributed by atoms with Crippen molar-refractivity contribution in [3.8, 4) is 0 Å². The van der Waals surface area contributed by atoms with Gasteiger partial charge in [0, 0.05) is 0 Å². The number of carboxylic acid groups (broad SMARTS) is 1. The molecule has 0 amide bonds. The lowest BCUT2D eigenvalue weighted by molar-refractivity contribution is -0.138. The summed E-state index contributed by atoms with van der Waals surface area (Å²) in [6.45, 7) is 1.36. The number of nitrogens with one attached hydrogen (secondary N) is 1. The Kier molecular flexibility index (Phi) is 4.32. The molecule has 1 aromatic rings. The molecule has 6 heteroatoms. The fraction of sp³-hybridized carbons (Fsp3) is 0.500. The van der Waals surface area contributed by atoms with Gasteiger partial charge in [0.1, 0.15) is 0 Å². The Morgan fingerprint density at radius 2 is 2.00 bits per heavy atom. The molecule has 2 N–H and O–H groups in total. The Bertz CT molecular complexity index is 492. The molecule has 20 heavy (non-hydrogen) atoms. The monoisotopic (exact) mass is 287 g/mol. The van der Waals surface area contributed by atoms with Crippen LogP contribution in [0.5, 0.6) is 0 Å². The molecule has 0 radical (unpaired) electrons. The average molecular weight is 287 g/mol. The highest BCUT2D eigenvalue weighted by molar-refractivity contribution is 5.90. The van der Waals surface area contributed by atoms with Gasteiger partial charge < -0.3 is 10.4 Å². The van der Waals surface area contributed by atoms with E-state index >= 15 is 0 Å². The number of alkyl halides is 3. The number of rotatable bonds is 2. The number of hydrogen-bond donors (Lipinski definition) is 2. The molecule has 0 bridgehead atoms. The molecule has 1 aliphatic heterocycles. The van der Waals surface area contributed by atoms with Gasteiger partial charge in [-0.15, -0.1) is 0 Å². The highest BCUT2D eigenvalue weighted by Gasteiger charge is 2.37. The van der Waals surface area contributed by atoms with E-state index in [2.05, 4.69) is 5.32 Å². The van der Waals surface area contributed by atoms with Gasteiger partial charge in [-0.3, -0.25) is 0 Å². The van der Waals surface area contributed by atoms with Crippen molar-refractivity contribution in [1.82, 2.24) is 5.32 Å². The lowest BCUT2D eigenvalue weighted by Crippen LogP contribution is -2.18. The number of carboxylic acids is 1. The summed E-state index contributed by atoms with van der Waals surface area (Å²) in [5.41, 5.74) is -1.10. The Labute approximate surface area is 114 Å². The van der Waals surface area contributed by atoms with E-state index in [0.717, 1.165) is 25.1 Å². The van der Waals surface area contributed by atoms with Crippen molar-refractivity contribution in [2.45, 2.75) is 31.4 Å². The van der Waals surface area contributed by atoms with E-state index in [9.17, 15) is 23.1 Å². The molecule has 3 nitrogen and oxygen atoms in total. The van der Waals surface area contributed by atoms with Crippen LogP contribution in [0, 0.1) is 0 Å². The second-order valence-electron chi connectivity index (χ2n) is 4.95. The molecule has 1 heterocycles. The molecule has 1 aliphatic rings. The highest BCUT2D eigenvalue weighted by Crippen LogP contribution is 2.40. The fourth-order valence-electron chi connectivity index (χ4n) is 2.75. The predicted octanol–water partition coefficient (Wildman–Crippen LogP) is 3.26. The Hall–Kier alpha value is -1.56. The van der Waals surface area contributed by atoms with Crippen molar-refractivity contribution in [3.63, 3.8) is 0 Å². The molecular weight excluding hydrogens is 271 g/mol. The van der Waals surface area contributed by atoms with Crippen molar-refractivity contribution in [3.05, 3.63) is 34.9 Å². The predicted molar refractivity (Wildman–Crippen MR) is 67.9 cm³/mol. The first-order valence-electron chi connectivity index (χ1n) is 6.55. The molecule has 2 rings (SSSR count). The molecule has 1 saturated heterocycles. The van der Waals surface area contributed by atoms with Crippen LogP contribution in [-0.2, 0) is 6.18 Å². The lowest BCUT2D eigenvalue weighted by atomic mass is 9.85. The maximum atomic E-state index is 13.1. The number of benzene rings is 1. The Morgan fingerprint density at radius 1 is 1.25 bits per heavy atom. The fourth-order valence-corrected chi connectivity index (χ4v) is 2.75. The molecule has 0 aromatic heterocycles.